The number of carboxylic acids is 1. The van der Waals surface area contributed by atoms with E-state index in [0.29, 0.717) is 17.1 Å². The molecule has 0 saturated carbocycles. The zero-order valence-corrected chi connectivity index (χ0v) is 11.3. The van der Waals surface area contributed by atoms with Crippen LogP contribution in [-0.4, -0.2) is 16.1 Å². The van der Waals surface area contributed by atoms with Gasteiger partial charge in [-0.2, -0.15) is 0 Å². The number of aryl methyl sites for hydroxylation is 1. The van der Waals surface area contributed by atoms with Crippen molar-refractivity contribution in [2.45, 2.75) is 19.3 Å². The highest BCUT2D eigenvalue weighted by Crippen LogP contribution is 2.25. The van der Waals surface area contributed by atoms with Gasteiger partial charge in [0, 0.05) is 6.20 Å². The number of aromatic nitrogens is 1. The van der Waals surface area contributed by atoms with E-state index < -0.39 is 11.9 Å². The molecule has 1 heterocycles. The number of carbonyl (C=O) groups is 1. The van der Waals surface area contributed by atoms with Crippen molar-refractivity contribution in [3.63, 3.8) is 0 Å². The number of nitrogens with zero attached hydrogens (tertiary/aromatic N) is 1. The normalized spacial score (nSPS) is 12.1. The molecule has 0 aliphatic rings. The van der Waals surface area contributed by atoms with Crippen LogP contribution in [0.3, 0.4) is 0 Å². The second-order valence-corrected chi connectivity index (χ2v) is 4.86. The minimum atomic E-state index is -0.916. The van der Waals surface area contributed by atoms with Crippen LogP contribution in [-0.2, 0) is 11.2 Å². The summed E-state index contributed by atoms with van der Waals surface area (Å²) in [6, 6.07) is 11.2. The molecule has 4 heteroatoms. The van der Waals surface area contributed by atoms with Gasteiger partial charge in [-0.25, -0.2) is 0 Å². The van der Waals surface area contributed by atoms with Crippen molar-refractivity contribution in [2.75, 3.05) is 0 Å². The molecule has 0 radical (unpaired) electrons. The van der Waals surface area contributed by atoms with Gasteiger partial charge in [0.2, 0.25) is 0 Å². The zero-order chi connectivity index (χ0) is 13.8. The summed E-state index contributed by atoms with van der Waals surface area (Å²) in [6.07, 6.45) is 1.94. The third-order valence-electron chi connectivity index (χ3n) is 2.98. The maximum Gasteiger partial charge on any atom is 0.312 e. The number of pyridine rings is 1. The van der Waals surface area contributed by atoms with Crippen molar-refractivity contribution in [2.24, 2.45) is 0 Å². The van der Waals surface area contributed by atoms with Crippen LogP contribution in [0, 0.1) is 6.92 Å². The molecule has 1 aromatic carbocycles. The predicted molar refractivity (Wildman–Crippen MR) is 74.5 cm³/mol. The second-order valence-electron chi connectivity index (χ2n) is 4.45. The fourth-order valence-corrected chi connectivity index (χ4v) is 2.17. The van der Waals surface area contributed by atoms with Gasteiger partial charge in [-0.3, -0.25) is 9.78 Å². The van der Waals surface area contributed by atoms with Crippen molar-refractivity contribution in [3.8, 4) is 0 Å². The molecular formula is C15H14ClNO2. The molecule has 0 fully saturated rings. The fourth-order valence-electron chi connectivity index (χ4n) is 1.92. The summed E-state index contributed by atoms with van der Waals surface area (Å²) in [7, 11) is 0. The largest absolute Gasteiger partial charge is 0.481 e. The molecule has 1 atom stereocenters. The van der Waals surface area contributed by atoms with Crippen LogP contribution in [0.25, 0.3) is 0 Å². The van der Waals surface area contributed by atoms with Crippen LogP contribution in [0.1, 0.15) is 22.7 Å². The standard InChI is InChI=1S/C15H14ClNO2/c1-10-4-6-11(7-5-10)9-12(15(18)19)14-13(16)3-2-8-17-14/h2-8,12H,9H2,1H3,(H,18,19). The highest BCUT2D eigenvalue weighted by atomic mass is 35.5. The predicted octanol–water partition coefficient (Wildman–Crippen LogP) is 3.45. The van der Waals surface area contributed by atoms with Crippen LogP contribution in [0.2, 0.25) is 5.02 Å². The Balaban J connectivity index is 2.29. The molecule has 3 nitrogen and oxygen atoms in total. The van der Waals surface area contributed by atoms with Gasteiger partial charge >= 0.3 is 5.97 Å². The lowest BCUT2D eigenvalue weighted by atomic mass is 9.95. The molecule has 19 heavy (non-hydrogen) atoms. The van der Waals surface area contributed by atoms with Crippen LogP contribution < -0.4 is 0 Å². The first-order valence-corrected chi connectivity index (χ1v) is 6.34. The molecule has 1 N–H and O–H groups in total. The Morgan fingerprint density at radius 2 is 2.00 bits per heavy atom. The third-order valence-corrected chi connectivity index (χ3v) is 3.30. The quantitative estimate of drug-likeness (QED) is 0.930. The molecule has 0 spiro atoms. The molecule has 2 rings (SSSR count). The maximum atomic E-state index is 11.4. The van der Waals surface area contributed by atoms with E-state index >= 15 is 0 Å². The average Bonchev–Trinajstić information content (AvgIpc) is 2.39. The summed E-state index contributed by atoms with van der Waals surface area (Å²) in [6.45, 7) is 1.99. The molecule has 0 bridgehead atoms. The van der Waals surface area contributed by atoms with Crippen LogP contribution >= 0.6 is 11.6 Å². The van der Waals surface area contributed by atoms with Gasteiger partial charge in [0.05, 0.1) is 10.7 Å². The number of aliphatic carboxylic acids is 1. The van der Waals surface area contributed by atoms with E-state index in [9.17, 15) is 9.90 Å². The smallest absolute Gasteiger partial charge is 0.312 e. The van der Waals surface area contributed by atoms with E-state index in [1.807, 2.05) is 31.2 Å². The summed E-state index contributed by atoms with van der Waals surface area (Å²) in [5.74, 6) is -1.64. The lowest BCUT2D eigenvalue weighted by molar-refractivity contribution is -0.138. The number of halogens is 1. The van der Waals surface area contributed by atoms with E-state index in [2.05, 4.69) is 4.98 Å². The van der Waals surface area contributed by atoms with Crippen molar-refractivity contribution in [1.29, 1.82) is 0 Å². The lowest BCUT2D eigenvalue weighted by Crippen LogP contribution is -2.16. The SMILES string of the molecule is Cc1ccc(CC(C(=O)O)c2ncccc2Cl)cc1. The van der Waals surface area contributed by atoms with Crippen molar-refractivity contribution in [3.05, 3.63) is 64.4 Å². The molecule has 0 amide bonds. The molecule has 0 aliphatic heterocycles. The van der Waals surface area contributed by atoms with Crippen LogP contribution in [0.5, 0.6) is 0 Å². The number of hydrogen-bond donors (Lipinski definition) is 1. The third kappa shape index (κ3) is 3.32. The Kier molecular flexibility index (Phi) is 4.17. The van der Waals surface area contributed by atoms with Gasteiger partial charge in [-0.05, 0) is 31.0 Å². The molecule has 2 aromatic rings. The summed E-state index contributed by atoms with van der Waals surface area (Å²) < 4.78 is 0. The molecule has 98 valence electrons. The number of benzene rings is 1. The minimum absolute atomic E-state index is 0.381. The van der Waals surface area contributed by atoms with Gasteiger partial charge < -0.3 is 5.11 Å². The molecule has 1 unspecified atom stereocenters. The Morgan fingerprint density at radius 1 is 1.32 bits per heavy atom. The van der Waals surface area contributed by atoms with E-state index in [0.717, 1.165) is 11.1 Å². The first-order chi connectivity index (χ1) is 9.08. The first kappa shape index (κ1) is 13.6. The highest BCUT2D eigenvalue weighted by molar-refractivity contribution is 6.31. The molecular weight excluding hydrogens is 262 g/mol. The van der Waals surface area contributed by atoms with Crippen molar-refractivity contribution < 1.29 is 9.90 Å². The second kappa shape index (κ2) is 5.85. The van der Waals surface area contributed by atoms with E-state index in [1.165, 1.54) is 0 Å². The molecule has 0 saturated heterocycles. The lowest BCUT2D eigenvalue weighted by Gasteiger charge is -2.13. The highest BCUT2D eigenvalue weighted by Gasteiger charge is 2.23. The zero-order valence-electron chi connectivity index (χ0n) is 10.5. The number of carboxylic acid groups (broad SMARTS) is 1. The summed E-state index contributed by atoms with van der Waals surface area (Å²) >= 11 is 6.03. The van der Waals surface area contributed by atoms with Crippen LogP contribution in [0.4, 0.5) is 0 Å². The van der Waals surface area contributed by atoms with Crippen LogP contribution in [0.15, 0.2) is 42.6 Å². The van der Waals surface area contributed by atoms with Gasteiger partial charge in [0.25, 0.3) is 0 Å². The Labute approximate surface area is 116 Å². The number of hydrogen-bond acceptors (Lipinski definition) is 2. The van der Waals surface area contributed by atoms with Crippen molar-refractivity contribution >= 4 is 17.6 Å². The Hall–Kier alpha value is -1.87. The fraction of sp³-hybridized carbons (Fsp3) is 0.200. The summed E-state index contributed by atoms with van der Waals surface area (Å²) in [5.41, 5.74) is 2.52. The van der Waals surface area contributed by atoms with E-state index in [-0.39, 0.29) is 0 Å². The Bertz CT molecular complexity index is 581. The van der Waals surface area contributed by atoms with Gasteiger partial charge in [-0.1, -0.05) is 41.4 Å². The monoisotopic (exact) mass is 275 g/mol. The Morgan fingerprint density at radius 3 is 2.58 bits per heavy atom. The molecule has 0 aliphatic carbocycles. The first-order valence-electron chi connectivity index (χ1n) is 5.96. The summed E-state index contributed by atoms with van der Waals surface area (Å²) in [5, 5.41) is 9.76. The van der Waals surface area contributed by atoms with E-state index in [4.69, 9.17) is 11.6 Å². The van der Waals surface area contributed by atoms with Gasteiger partial charge in [0.15, 0.2) is 0 Å². The van der Waals surface area contributed by atoms with E-state index in [1.54, 1.807) is 18.3 Å². The maximum absolute atomic E-state index is 11.4. The topological polar surface area (TPSA) is 50.2 Å². The van der Waals surface area contributed by atoms with Crippen molar-refractivity contribution in [1.82, 2.24) is 4.98 Å². The number of rotatable bonds is 4. The minimum Gasteiger partial charge on any atom is -0.481 e. The summed E-state index contributed by atoms with van der Waals surface area (Å²) in [4.78, 5) is 15.5. The average molecular weight is 276 g/mol. The van der Waals surface area contributed by atoms with Gasteiger partial charge in [0.1, 0.15) is 5.92 Å². The van der Waals surface area contributed by atoms with Gasteiger partial charge in [-0.15, -0.1) is 0 Å². The molecule has 1 aromatic heterocycles.